The van der Waals surface area contributed by atoms with Crippen molar-refractivity contribution in [1.29, 1.82) is 0 Å². The van der Waals surface area contributed by atoms with E-state index in [2.05, 4.69) is 17.2 Å². The van der Waals surface area contributed by atoms with Crippen LogP contribution in [0.2, 0.25) is 0 Å². The fourth-order valence-corrected chi connectivity index (χ4v) is 5.16. The molecule has 2 N–H and O–H groups in total. The van der Waals surface area contributed by atoms with Gasteiger partial charge in [0.1, 0.15) is 23.8 Å². The molecule has 0 aliphatic heterocycles. The smallest absolute Gasteiger partial charge is 0.320 e. The number of hydrogen-bond acceptors (Lipinski definition) is 6. The molecule has 0 saturated heterocycles. The van der Waals surface area contributed by atoms with E-state index in [4.69, 9.17) is 4.74 Å². The van der Waals surface area contributed by atoms with Crippen molar-refractivity contribution in [3.8, 4) is 17.6 Å². The van der Waals surface area contributed by atoms with Gasteiger partial charge in [0.15, 0.2) is 9.84 Å². The van der Waals surface area contributed by atoms with Crippen molar-refractivity contribution in [3.63, 3.8) is 0 Å². The molecule has 0 saturated carbocycles. The number of sulfone groups is 1. The minimum absolute atomic E-state index is 0.101. The molecule has 0 fully saturated rings. The molecule has 0 amide bonds. The summed E-state index contributed by atoms with van der Waals surface area (Å²) in [5.41, 5.74) is 0. The SMILES string of the molecule is CC#CCOc1ccc(S(=O)(=O)C(CCN[C@H](C(=O)O)C(C)C)N(CC)CC)cc1. The van der Waals surface area contributed by atoms with Crippen LogP contribution >= 0.6 is 0 Å². The van der Waals surface area contributed by atoms with Crippen molar-refractivity contribution in [1.82, 2.24) is 10.2 Å². The summed E-state index contributed by atoms with van der Waals surface area (Å²) in [6.45, 7) is 10.9. The lowest BCUT2D eigenvalue weighted by Gasteiger charge is -2.30. The molecule has 0 aromatic heterocycles. The number of carboxylic acids is 1. The van der Waals surface area contributed by atoms with E-state index in [0.29, 0.717) is 18.8 Å². The number of rotatable bonds is 13. The van der Waals surface area contributed by atoms with Gasteiger partial charge in [-0.2, -0.15) is 0 Å². The third-order valence-electron chi connectivity index (χ3n) is 4.91. The first kappa shape index (κ1) is 26.0. The number of carboxylic acid groups (broad SMARTS) is 1. The molecule has 0 radical (unpaired) electrons. The lowest BCUT2D eigenvalue weighted by atomic mass is 10.0. The monoisotopic (exact) mass is 438 g/mol. The number of benzene rings is 1. The van der Waals surface area contributed by atoms with Crippen LogP contribution in [0.15, 0.2) is 29.2 Å². The number of ether oxygens (including phenoxy) is 1. The van der Waals surface area contributed by atoms with Crippen molar-refractivity contribution in [2.75, 3.05) is 26.2 Å². The summed E-state index contributed by atoms with van der Waals surface area (Å²) >= 11 is 0. The summed E-state index contributed by atoms with van der Waals surface area (Å²) in [4.78, 5) is 13.5. The van der Waals surface area contributed by atoms with E-state index in [9.17, 15) is 18.3 Å². The first-order valence-electron chi connectivity index (χ1n) is 10.3. The first-order valence-corrected chi connectivity index (χ1v) is 11.8. The maximum absolute atomic E-state index is 13.4. The highest BCUT2D eigenvalue weighted by Crippen LogP contribution is 2.24. The highest BCUT2D eigenvalue weighted by molar-refractivity contribution is 7.92. The predicted octanol–water partition coefficient (Wildman–Crippen LogP) is 2.62. The average molecular weight is 439 g/mol. The predicted molar refractivity (Wildman–Crippen MR) is 118 cm³/mol. The molecule has 0 heterocycles. The Kier molecular flexibility index (Phi) is 10.9. The zero-order chi connectivity index (χ0) is 22.7. The van der Waals surface area contributed by atoms with Gasteiger partial charge in [-0.3, -0.25) is 9.69 Å². The van der Waals surface area contributed by atoms with Gasteiger partial charge in [0.25, 0.3) is 0 Å². The Morgan fingerprint density at radius 2 is 1.80 bits per heavy atom. The molecular weight excluding hydrogens is 404 g/mol. The minimum Gasteiger partial charge on any atom is -0.481 e. The summed E-state index contributed by atoms with van der Waals surface area (Å²) in [6.07, 6.45) is 0.283. The number of carbonyl (C=O) groups is 1. The van der Waals surface area contributed by atoms with Gasteiger partial charge in [0.2, 0.25) is 0 Å². The standard InChI is InChI=1S/C22H34N2O5S/c1-6-9-16-29-18-10-12-19(13-11-18)30(27,28)20(24(7-2)8-3)14-15-23-21(17(4)5)22(25)26/h10-13,17,20-21,23H,7-8,14-16H2,1-5H3,(H,25,26)/t20?,21-/m0/s1. The number of hydrogen-bond donors (Lipinski definition) is 2. The molecule has 7 nitrogen and oxygen atoms in total. The Morgan fingerprint density at radius 3 is 2.27 bits per heavy atom. The van der Waals surface area contributed by atoms with Crippen LogP contribution in [0.3, 0.4) is 0 Å². The number of nitrogens with zero attached hydrogens (tertiary/aromatic N) is 1. The fraction of sp³-hybridized carbons (Fsp3) is 0.591. The summed E-state index contributed by atoms with van der Waals surface area (Å²) in [5.74, 6) is 5.05. The zero-order valence-corrected chi connectivity index (χ0v) is 19.3. The molecule has 1 aromatic carbocycles. The Morgan fingerprint density at radius 1 is 1.20 bits per heavy atom. The Bertz CT molecular complexity index is 821. The van der Waals surface area contributed by atoms with Gasteiger partial charge in [-0.25, -0.2) is 8.42 Å². The van der Waals surface area contributed by atoms with Crippen LogP contribution < -0.4 is 10.1 Å². The van der Waals surface area contributed by atoms with E-state index in [1.807, 2.05) is 32.6 Å². The Labute approximate surface area is 180 Å². The van der Waals surface area contributed by atoms with Crippen molar-refractivity contribution in [2.45, 2.75) is 57.4 Å². The number of nitrogens with one attached hydrogen (secondary N) is 1. The topological polar surface area (TPSA) is 95.9 Å². The summed E-state index contributed by atoms with van der Waals surface area (Å²) in [7, 11) is -3.65. The molecule has 168 valence electrons. The minimum atomic E-state index is -3.65. The largest absolute Gasteiger partial charge is 0.481 e. The van der Waals surface area contributed by atoms with Crippen LogP contribution in [0.25, 0.3) is 0 Å². The second-order valence-electron chi connectivity index (χ2n) is 7.21. The van der Waals surface area contributed by atoms with E-state index in [1.54, 1.807) is 31.2 Å². The highest BCUT2D eigenvalue weighted by Gasteiger charge is 2.32. The third-order valence-corrected chi connectivity index (χ3v) is 7.09. The van der Waals surface area contributed by atoms with Gasteiger partial charge in [-0.05, 0) is 63.2 Å². The molecular formula is C22H34N2O5S. The lowest BCUT2D eigenvalue weighted by Crippen LogP contribution is -2.46. The quantitative estimate of drug-likeness (QED) is 0.457. The van der Waals surface area contributed by atoms with E-state index < -0.39 is 27.2 Å². The summed E-state index contributed by atoms with van der Waals surface area (Å²) in [6, 6.07) is 5.62. The van der Waals surface area contributed by atoms with Crippen molar-refractivity contribution in [2.24, 2.45) is 5.92 Å². The van der Waals surface area contributed by atoms with Crippen LogP contribution in [0.5, 0.6) is 5.75 Å². The summed E-state index contributed by atoms with van der Waals surface area (Å²) in [5, 5.41) is 11.6. The Balaban J connectivity index is 3.02. The zero-order valence-electron chi connectivity index (χ0n) is 18.5. The van der Waals surface area contributed by atoms with Crippen LogP contribution in [-0.2, 0) is 14.6 Å². The van der Waals surface area contributed by atoms with Gasteiger partial charge in [0, 0.05) is 0 Å². The van der Waals surface area contributed by atoms with Crippen LogP contribution in [0.4, 0.5) is 0 Å². The van der Waals surface area contributed by atoms with Gasteiger partial charge < -0.3 is 15.2 Å². The van der Waals surface area contributed by atoms with Crippen molar-refractivity contribution in [3.05, 3.63) is 24.3 Å². The molecule has 1 aromatic rings. The highest BCUT2D eigenvalue weighted by atomic mass is 32.2. The molecule has 1 unspecified atom stereocenters. The normalized spacial score (nSPS) is 13.6. The molecule has 0 aliphatic rings. The Hall–Kier alpha value is -2.08. The van der Waals surface area contributed by atoms with Crippen LogP contribution in [0, 0.1) is 17.8 Å². The molecule has 0 aliphatic carbocycles. The lowest BCUT2D eigenvalue weighted by molar-refractivity contribution is -0.140. The van der Waals surface area contributed by atoms with Gasteiger partial charge in [-0.15, -0.1) is 5.92 Å². The van der Waals surface area contributed by atoms with Gasteiger partial charge in [-0.1, -0.05) is 33.6 Å². The van der Waals surface area contributed by atoms with Crippen LogP contribution in [-0.4, -0.2) is 62.1 Å². The van der Waals surface area contributed by atoms with E-state index in [1.165, 1.54) is 0 Å². The molecule has 30 heavy (non-hydrogen) atoms. The van der Waals surface area contributed by atoms with E-state index >= 15 is 0 Å². The molecule has 0 spiro atoms. The van der Waals surface area contributed by atoms with Crippen molar-refractivity contribution >= 4 is 15.8 Å². The number of aliphatic carboxylic acids is 1. The molecule has 1 rings (SSSR count). The molecule has 0 bridgehead atoms. The van der Waals surface area contributed by atoms with Crippen molar-refractivity contribution < 1.29 is 23.1 Å². The van der Waals surface area contributed by atoms with Crippen LogP contribution in [0.1, 0.15) is 41.0 Å². The third kappa shape index (κ3) is 7.31. The van der Waals surface area contributed by atoms with Gasteiger partial charge in [0.05, 0.1) is 4.90 Å². The maximum atomic E-state index is 13.4. The fourth-order valence-electron chi connectivity index (χ4n) is 3.21. The average Bonchev–Trinajstić information content (AvgIpc) is 2.70. The maximum Gasteiger partial charge on any atom is 0.320 e. The molecule has 8 heteroatoms. The second kappa shape index (κ2) is 12.6. The second-order valence-corrected chi connectivity index (χ2v) is 9.32. The van der Waals surface area contributed by atoms with E-state index in [0.717, 1.165) is 0 Å². The van der Waals surface area contributed by atoms with E-state index in [-0.39, 0.29) is 30.4 Å². The van der Waals surface area contributed by atoms with Gasteiger partial charge >= 0.3 is 5.97 Å². The molecule has 2 atom stereocenters. The summed E-state index contributed by atoms with van der Waals surface area (Å²) < 4.78 is 32.2. The first-order chi connectivity index (χ1) is 14.2.